The van der Waals surface area contributed by atoms with Crippen LogP contribution < -0.4 is 14.8 Å². The minimum absolute atomic E-state index is 0.372. The molecule has 1 aliphatic rings. The van der Waals surface area contributed by atoms with Crippen molar-refractivity contribution in [1.29, 1.82) is 0 Å². The summed E-state index contributed by atoms with van der Waals surface area (Å²) < 4.78 is 11.3. The van der Waals surface area contributed by atoms with Gasteiger partial charge in [-0.1, -0.05) is 0 Å². The summed E-state index contributed by atoms with van der Waals surface area (Å²) in [6.45, 7) is 3.37. The standard InChI is InChI=1S/C15H18N2O2S/c1-10(9-20-2)17-15-12-8-14-13(18-5-6-19-14)7-11(12)3-4-16-15/h3-4,7-8,10H,5-6,9H2,1-2H3,(H,16,17). The van der Waals surface area contributed by atoms with Crippen molar-refractivity contribution in [3.63, 3.8) is 0 Å². The number of anilines is 1. The SMILES string of the molecule is CSCC(C)Nc1nccc2cc3c(cc12)OCCO3. The number of nitrogens with one attached hydrogen (secondary N) is 1. The van der Waals surface area contributed by atoms with Gasteiger partial charge in [0, 0.05) is 23.4 Å². The maximum atomic E-state index is 5.65. The molecule has 2 aromatic rings. The summed E-state index contributed by atoms with van der Waals surface area (Å²) in [6, 6.07) is 6.41. The highest BCUT2D eigenvalue weighted by molar-refractivity contribution is 7.98. The molecule has 0 saturated carbocycles. The smallest absolute Gasteiger partial charge is 0.162 e. The maximum absolute atomic E-state index is 5.65. The van der Waals surface area contributed by atoms with E-state index in [-0.39, 0.29) is 0 Å². The fourth-order valence-corrected chi connectivity index (χ4v) is 2.93. The van der Waals surface area contributed by atoms with Gasteiger partial charge in [-0.15, -0.1) is 0 Å². The van der Waals surface area contributed by atoms with Crippen LogP contribution >= 0.6 is 11.8 Å². The third-order valence-corrected chi connectivity index (χ3v) is 4.06. The van der Waals surface area contributed by atoms with Crippen molar-refractivity contribution in [2.75, 3.05) is 30.5 Å². The van der Waals surface area contributed by atoms with Crippen molar-refractivity contribution in [3.8, 4) is 11.5 Å². The van der Waals surface area contributed by atoms with E-state index in [2.05, 4.69) is 23.5 Å². The van der Waals surface area contributed by atoms with Gasteiger partial charge in [0.1, 0.15) is 19.0 Å². The van der Waals surface area contributed by atoms with Gasteiger partial charge in [0.15, 0.2) is 11.5 Å². The van der Waals surface area contributed by atoms with Crippen LogP contribution in [0.2, 0.25) is 0 Å². The Bertz CT molecular complexity index is 618. The minimum atomic E-state index is 0.372. The summed E-state index contributed by atoms with van der Waals surface area (Å²) in [4.78, 5) is 4.46. The first-order chi connectivity index (χ1) is 9.78. The first kappa shape index (κ1) is 13.4. The number of nitrogens with zero attached hydrogens (tertiary/aromatic N) is 1. The predicted octanol–water partition coefficient (Wildman–Crippen LogP) is 3.17. The van der Waals surface area contributed by atoms with Crippen molar-refractivity contribution in [1.82, 2.24) is 4.98 Å². The summed E-state index contributed by atoms with van der Waals surface area (Å²) >= 11 is 1.82. The summed E-state index contributed by atoms with van der Waals surface area (Å²) in [5.41, 5.74) is 0. The molecule has 20 heavy (non-hydrogen) atoms. The van der Waals surface area contributed by atoms with E-state index < -0.39 is 0 Å². The molecule has 0 spiro atoms. The molecule has 0 aliphatic carbocycles. The third kappa shape index (κ3) is 2.63. The number of benzene rings is 1. The largest absolute Gasteiger partial charge is 0.486 e. The number of fused-ring (bicyclic) bond motifs is 2. The second-order valence-corrected chi connectivity index (χ2v) is 5.79. The van der Waals surface area contributed by atoms with Gasteiger partial charge < -0.3 is 14.8 Å². The van der Waals surface area contributed by atoms with Crippen molar-refractivity contribution in [3.05, 3.63) is 24.4 Å². The molecule has 3 rings (SSSR count). The van der Waals surface area contributed by atoms with Crippen LogP contribution in [0.1, 0.15) is 6.92 Å². The average molecular weight is 290 g/mol. The lowest BCUT2D eigenvalue weighted by molar-refractivity contribution is 0.172. The second-order valence-electron chi connectivity index (χ2n) is 4.88. The van der Waals surface area contributed by atoms with Crippen LogP contribution in [-0.2, 0) is 0 Å². The molecule has 0 radical (unpaired) electrons. The van der Waals surface area contributed by atoms with Crippen molar-refractivity contribution < 1.29 is 9.47 Å². The van der Waals surface area contributed by atoms with Crippen LogP contribution in [0, 0.1) is 0 Å². The Morgan fingerprint density at radius 1 is 1.30 bits per heavy atom. The zero-order chi connectivity index (χ0) is 13.9. The Labute approximate surface area is 122 Å². The maximum Gasteiger partial charge on any atom is 0.162 e. The number of pyridine rings is 1. The van der Waals surface area contributed by atoms with E-state index >= 15 is 0 Å². The van der Waals surface area contributed by atoms with Crippen molar-refractivity contribution in [2.24, 2.45) is 0 Å². The van der Waals surface area contributed by atoms with Gasteiger partial charge in [0.05, 0.1) is 0 Å². The van der Waals surface area contributed by atoms with Crippen LogP contribution in [0.25, 0.3) is 10.8 Å². The molecule has 1 atom stereocenters. The van der Waals surface area contributed by atoms with Crippen molar-refractivity contribution >= 4 is 28.4 Å². The molecule has 0 saturated heterocycles. The molecule has 0 fully saturated rings. The zero-order valence-corrected chi connectivity index (χ0v) is 12.5. The molecular weight excluding hydrogens is 272 g/mol. The monoisotopic (exact) mass is 290 g/mol. The summed E-state index contributed by atoms with van der Waals surface area (Å²) in [5, 5.41) is 5.65. The van der Waals surface area contributed by atoms with Gasteiger partial charge in [-0.2, -0.15) is 11.8 Å². The lowest BCUT2D eigenvalue weighted by Gasteiger charge is -2.20. The molecule has 1 aromatic heterocycles. The van der Waals surface area contributed by atoms with E-state index in [1.807, 2.05) is 36.2 Å². The van der Waals surface area contributed by atoms with Crippen LogP contribution in [0.15, 0.2) is 24.4 Å². The quantitative estimate of drug-likeness (QED) is 0.937. The molecule has 1 N–H and O–H groups in total. The molecule has 1 aliphatic heterocycles. The summed E-state index contributed by atoms with van der Waals surface area (Å²) in [6.07, 6.45) is 3.93. The predicted molar refractivity (Wildman–Crippen MR) is 84.2 cm³/mol. The number of hydrogen-bond acceptors (Lipinski definition) is 5. The Balaban J connectivity index is 2.00. The second kappa shape index (κ2) is 5.79. The summed E-state index contributed by atoms with van der Waals surface area (Å²) in [7, 11) is 0. The third-order valence-electron chi connectivity index (χ3n) is 3.23. The van der Waals surface area contributed by atoms with Gasteiger partial charge in [-0.3, -0.25) is 0 Å². The normalized spacial score (nSPS) is 15.1. The van der Waals surface area contributed by atoms with Crippen molar-refractivity contribution in [2.45, 2.75) is 13.0 Å². The van der Waals surface area contributed by atoms with Crippen LogP contribution in [0.4, 0.5) is 5.82 Å². The topological polar surface area (TPSA) is 43.4 Å². The van der Waals surface area contributed by atoms with Crippen LogP contribution in [-0.4, -0.2) is 36.2 Å². The van der Waals surface area contributed by atoms with E-state index in [4.69, 9.17) is 9.47 Å². The van der Waals surface area contributed by atoms with E-state index in [1.54, 1.807) is 0 Å². The van der Waals surface area contributed by atoms with Crippen LogP contribution in [0.5, 0.6) is 11.5 Å². The highest BCUT2D eigenvalue weighted by Gasteiger charge is 2.15. The lowest BCUT2D eigenvalue weighted by atomic mass is 10.1. The van der Waals surface area contributed by atoms with Gasteiger partial charge in [0.2, 0.25) is 0 Å². The zero-order valence-electron chi connectivity index (χ0n) is 11.7. The van der Waals surface area contributed by atoms with Gasteiger partial charge in [0.25, 0.3) is 0 Å². The molecule has 4 nitrogen and oxygen atoms in total. The Kier molecular flexibility index (Phi) is 3.87. The van der Waals surface area contributed by atoms with E-state index in [0.29, 0.717) is 19.3 Å². The lowest BCUT2D eigenvalue weighted by Crippen LogP contribution is -2.19. The van der Waals surface area contributed by atoms with E-state index in [9.17, 15) is 0 Å². The van der Waals surface area contributed by atoms with Gasteiger partial charge >= 0.3 is 0 Å². The number of ether oxygens (including phenoxy) is 2. The Morgan fingerprint density at radius 3 is 2.80 bits per heavy atom. The molecule has 0 amide bonds. The van der Waals surface area contributed by atoms with Crippen LogP contribution in [0.3, 0.4) is 0 Å². The average Bonchev–Trinajstić information content (AvgIpc) is 2.46. The number of rotatable bonds is 4. The molecule has 1 aromatic carbocycles. The first-order valence-electron chi connectivity index (χ1n) is 6.72. The number of hydrogen-bond donors (Lipinski definition) is 1. The first-order valence-corrected chi connectivity index (χ1v) is 8.11. The van der Waals surface area contributed by atoms with Gasteiger partial charge in [-0.25, -0.2) is 4.98 Å². The fourth-order valence-electron chi connectivity index (χ4n) is 2.35. The van der Waals surface area contributed by atoms with Gasteiger partial charge in [-0.05, 0) is 36.8 Å². The number of thioether (sulfide) groups is 1. The number of aromatic nitrogens is 1. The molecule has 106 valence electrons. The highest BCUT2D eigenvalue weighted by Crippen LogP contribution is 2.36. The summed E-state index contributed by atoms with van der Waals surface area (Å²) in [5.74, 6) is 3.57. The molecular formula is C15H18N2O2S. The fraction of sp³-hybridized carbons (Fsp3) is 0.400. The Morgan fingerprint density at radius 2 is 2.05 bits per heavy atom. The minimum Gasteiger partial charge on any atom is -0.486 e. The highest BCUT2D eigenvalue weighted by atomic mass is 32.2. The molecule has 1 unspecified atom stereocenters. The molecule has 5 heteroatoms. The molecule has 2 heterocycles. The van der Waals surface area contributed by atoms with E-state index in [1.165, 1.54) is 0 Å². The van der Waals surface area contributed by atoms with E-state index in [0.717, 1.165) is 33.8 Å². The molecule has 0 bridgehead atoms. The Hall–Kier alpha value is -1.62.